The summed E-state index contributed by atoms with van der Waals surface area (Å²) in [5.74, 6) is 0. The predicted molar refractivity (Wildman–Crippen MR) is 82.7 cm³/mol. The Bertz CT molecular complexity index is 175. The van der Waals surface area contributed by atoms with Gasteiger partial charge in [-0.05, 0) is 52.2 Å². The lowest BCUT2D eigenvalue weighted by Crippen LogP contribution is -2.29. The fourth-order valence-corrected chi connectivity index (χ4v) is 1.85. The van der Waals surface area contributed by atoms with Crippen molar-refractivity contribution in [2.45, 2.75) is 45.4 Å². The highest BCUT2D eigenvalue weighted by molar-refractivity contribution is 5.81. The summed E-state index contributed by atoms with van der Waals surface area (Å²) in [6.45, 7) is 10.3. The lowest BCUT2D eigenvalue weighted by Gasteiger charge is -2.24. The van der Waals surface area contributed by atoms with Crippen LogP contribution in [0.15, 0.2) is 0 Å². The summed E-state index contributed by atoms with van der Waals surface area (Å²) in [4.78, 5) is 2.41. The largest absolute Gasteiger partial charge is 0.315 e. The maximum atomic E-state index is 7.32. The van der Waals surface area contributed by atoms with Gasteiger partial charge in [-0.15, -0.1) is 0 Å². The molecular formula is C15H32N3. The Kier molecular flexibility index (Phi) is 16.2. The topological polar surface area (TPSA) is 39.1 Å². The van der Waals surface area contributed by atoms with Crippen molar-refractivity contribution in [1.29, 1.82) is 5.41 Å². The summed E-state index contributed by atoms with van der Waals surface area (Å²) in [6.07, 6.45) is 7.05. The molecule has 0 aromatic heterocycles. The summed E-state index contributed by atoms with van der Waals surface area (Å²) < 4.78 is 0. The quantitative estimate of drug-likeness (QED) is 0.714. The molecule has 0 atom stereocenters. The normalized spacial score (nSPS) is 15.3. The van der Waals surface area contributed by atoms with Crippen molar-refractivity contribution in [3.63, 3.8) is 0 Å². The average Bonchev–Trinajstić information content (AvgIpc) is 2.38. The molecule has 1 fully saturated rings. The monoisotopic (exact) mass is 254 g/mol. The minimum atomic E-state index is 0. The molecule has 18 heavy (non-hydrogen) atoms. The van der Waals surface area contributed by atoms with E-state index in [4.69, 9.17) is 5.41 Å². The molecule has 0 aliphatic carbocycles. The Labute approximate surface area is 115 Å². The third-order valence-electron chi connectivity index (χ3n) is 2.92. The van der Waals surface area contributed by atoms with Crippen LogP contribution in [0.5, 0.6) is 0 Å². The molecule has 1 rings (SSSR count). The van der Waals surface area contributed by atoms with Crippen molar-refractivity contribution in [2.24, 2.45) is 0 Å². The fraction of sp³-hybridized carbons (Fsp3) is 0.733. The van der Waals surface area contributed by atoms with Gasteiger partial charge in [-0.3, -0.25) is 0 Å². The van der Waals surface area contributed by atoms with Gasteiger partial charge in [0.2, 0.25) is 0 Å². The van der Waals surface area contributed by atoms with Gasteiger partial charge in [0, 0.05) is 19.3 Å². The molecule has 0 unspecified atom stereocenters. The smallest absolute Gasteiger partial charge is 0.0102 e. The first-order chi connectivity index (χ1) is 8.24. The van der Waals surface area contributed by atoms with Crippen molar-refractivity contribution < 1.29 is 0 Å². The molecule has 0 aromatic rings. The molecule has 1 saturated heterocycles. The predicted octanol–water partition coefficient (Wildman–Crippen LogP) is 3.33. The maximum absolute atomic E-state index is 7.32. The van der Waals surface area contributed by atoms with Crippen LogP contribution in [0.1, 0.15) is 45.4 Å². The van der Waals surface area contributed by atoms with Crippen molar-refractivity contribution in [3.05, 3.63) is 21.4 Å². The Morgan fingerprint density at radius 3 is 2.22 bits per heavy atom. The second kappa shape index (κ2) is 14.7. The number of rotatable bonds is 6. The zero-order valence-corrected chi connectivity index (χ0v) is 12.4. The fourth-order valence-electron chi connectivity index (χ4n) is 1.85. The van der Waals surface area contributed by atoms with Crippen LogP contribution >= 0.6 is 0 Å². The molecule has 3 nitrogen and oxygen atoms in total. The van der Waals surface area contributed by atoms with Crippen LogP contribution in [0.25, 0.3) is 0 Å². The zero-order chi connectivity index (χ0) is 12.9. The van der Waals surface area contributed by atoms with E-state index in [2.05, 4.69) is 31.1 Å². The Morgan fingerprint density at radius 1 is 1.22 bits per heavy atom. The van der Waals surface area contributed by atoms with Gasteiger partial charge in [0.25, 0.3) is 0 Å². The highest BCUT2D eigenvalue weighted by Crippen LogP contribution is 2.06. The zero-order valence-electron chi connectivity index (χ0n) is 12.4. The Hall–Kier alpha value is -0.410. The molecule has 1 aliphatic rings. The Morgan fingerprint density at radius 2 is 1.83 bits per heavy atom. The second-order valence-electron chi connectivity index (χ2n) is 4.51. The van der Waals surface area contributed by atoms with E-state index in [-0.39, 0.29) is 7.43 Å². The molecule has 3 radical (unpaired) electrons. The summed E-state index contributed by atoms with van der Waals surface area (Å²) in [5, 5.41) is 10.1. The SMILES string of the molecule is [CH2]CN1CCCCC1.[CH2]NCCC(=N)CCC.[CH3]. The van der Waals surface area contributed by atoms with E-state index < -0.39 is 0 Å². The third kappa shape index (κ3) is 12.1. The van der Waals surface area contributed by atoms with E-state index in [9.17, 15) is 0 Å². The summed E-state index contributed by atoms with van der Waals surface area (Å²) in [7, 11) is 3.47. The first kappa shape index (κ1) is 19.9. The molecule has 0 aromatic carbocycles. The number of nitrogens with zero attached hydrogens (tertiary/aromatic N) is 1. The van der Waals surface area contributed by atoms with Gasteiger partial charge in [0.1, 0.15) is 0 Å². The molecule has 3 heteroatoms. The summed E-state index contributed by atoms with van der Waals surface area (Å²) in [5.41, 5.74) is 0.827. The summed E-state index contributed by atoms with van der Waals surface area (Å²) >= 11 is 0. The molecule has 0 amide bonds. The second-order valence-corrected chi connectivity index (χ2v) is 4.51. The van der Waals surface area contributed by atoms with Gasteiger partial charge in [0.05, 0.1) is 0 Å². The lowest BCUT2D eigenvalue weighted by atomic mass is 10.1. The van der Waals surface area contributed by atoms with Crippen molar-refractivity contribution in [1.82, 2.24) is 10.2 Å². The van der Waals surface area contributed by atoms with Crippen molar-refractivity contribution in [2.75, 3.05) is 26.2 Å². The van der Waals surface area contributed by atoms with Crippen LogP contribution in [0.2, 0.25) is 0 Å². The van der Waals surface area contributed by atoms with E-state index in [0.717, 1.165) is 38.1 Å². The Balaban J connectivity index is 0. The van der Waals surface area contributed by atoms with Crippen LogP contribution in [-0.2, 0) is 0 Å². The summed E-state index contributed by atoms with van der Waals surface area (Å²) in [6, 6.07) is 0. The van der Waals surface area contributed by atoms with Crippen LogP contribution < -0.4 is 5.32 Å². The number of piperidine rings is 1. The van der Waals surface area contributed by atoms with E-state index in [1.54, 1.807) is 0 Å². The number of hydrogen-bond donors (Lipinski definition) is 2. The minimum Gasteiger partial charge on any atom is -0.315 e. The van der Waals surface area contributed by atoms with Gasteiger partial charge in [-0.25, -0.2) is 0 Å². The van der Waals surface area contributed by atoms with Crippen LogP contribution in [0.3, 0.4) is 0 Å². The lowest BCUT2D eigenvalue weighted by molar-refractivity contribution is 0.250. The van der Waals surface area contributed by atoms with Crippen molar-refractivity contribution >= 4 is 5.71 Å². The molecule has 1 heterocycles. The van der Waals surface area contributed by atoms with E-state index in [0.29, 0.717) is 0 Å². The average molecular weight is 254 g/mol. The minimum absolute atomic E-state index is 0. The highest BCUT2D eigenvalue weighted by Gasteiger charge is 2.05. The molecule has 0 bridgehead atoms. The molecule has 1 aliphatic heterocycles. The van der Waals surface area contributed by atoms with Gasteiger partial charge in [-0.2, -0.15) is 0 Å². The third-order valence-corrected chi connectivity index (χ3v) is 2.92. The van der Waals surface area contributed by atoms with Gasteiger partial charge < -0.3 is 15.6 Å². The molecule has 107 valence electrons. The number of hydrogen-bond acceptors (Lipinski definition) is 3. The van der Waals surface area contributed by atoms with Crippen LogP contribution in [0.4, 0.5) is 0 Å². The van der Waals surface area contributed by atoms with Crippen LogP contribution in [-0.4, -0.2) is 36.8 Å². The molecular weight excluding hydrogens is 222 g/mol. The standard InChI is InChI=1S/C7H15N2.C7H14N.CH3/c1-3-4-7(8)5-6-9-2;1-2-8-6-4-3-5-7-8;/h8-9H,2-6H2,1H3;1-7H2;1H3. The maximum Gasteiger partial charge on any atom is 0.0102 e. The number of likely N-dealkylation sites (tertiary alicyclic amines) is 1. The van der Waals surface area contributed by atoms with Crippen molar-refractivity contribution in [3.8, 4) is 0 Å². The first-order valence-electron chi connectivity index (χ1n) is 6.82. The molecule has 0 saturated carbocycles. The molecule has 0 spiro atoms. The van der Waals surface area contributed by atoms with E-state index >= 15 is 0 Å². The van der Waals surface area contributed by atoms with Gasteiger partial charge in [-0.1, -0.05) is 27.2 Å². The number of nitrogens with one attached hydrogen (secondary N) is 2. The molecule has 2 N–H and O–H groups in total. The van der Waals surface area contributed by atoms with Gasteiger partial charge in [0.15, 0.2) is 0 Å². The van der Waals surface area contributed by atoms with Crippen LogP contribution in [0, 0.1) is 26.8 Å². The van der Waals surface area contributed by atoms with E-state index in [1.807, 2.05) is 0 Å². The highest BCUT2D eigenvalue weighted by atomic mass is 15.1. The first-order valence-corrected chi connectivity index (χ1v) is 6.82. The van der Waals surface area contributed by atoms with E-state index in [1.165, 1.54) is 32.4 Å². The van der Waals surface area contributed by atoms with Gasteiger partial charge >= 0.3 is 0 Å².